The number of furan rings is 2. The fraction of sp³-hybridized carbons (Fsp3) is 0.133. The fourth-order valence-electron chi connectivity index (χ4n) is 2.47. The van der Waals surface area contributed by atoms with Gasteiger partial charge in [-0.3, -0.25) is 4.40 Å². The molecule has 0 bridgehead atoms. The molecule has 4 aromatic rings. The van der Waals surface area contributed by atoms with Crippen molar-refractivity contribution in [1.82, 2.24) is 9.38 Å². The Morgan fingerprint density at radius 1 is 1.19 bits per heavy atom. The number of nitrogens with two attached hydrogens (primary N) is 1. The van der Waals surface area contributed by atoms with Crippen LogP contribution in [0.5, 0.6) is 0 Å². The Morgan fingerprint density at radius 2 is 1.90 bits per heavy atom. The highest BCUT2D eigenvalue weighted by Crippen LogP contribution is 2.38. The normalized spacial score (nSPS) is 11.5. The van der Waals surface area contributed by atoms with Gasteiger partial charge in [-0.05, 0) is 30.7 Å². The molecule has 0 aliphatic rings. The van der Waals surface area contributed by atoms with Crippen molar-refractivity contribution in [3.8, 4) is 22.9 Å². The Bertz CT molecular complexity index is 885. The van der Waals surface area contributed by atoms with Crippen LogP contribution in [-0.2, 0) is 6.42 Å². The van der Waals surface area contributed by atoms with E-state index in [0.29, 0.717) is 17.3 Å². The number of aryl methyl sites for hydroxylation is 1. The molecule has 0 aliphatic heterocycles. The number of imidazole rings is 1. The number of anilines is 1. The average molecular weight is 299 g/mol. The number of nitrogen functional groups attached to an aromatic ring is 1. The van der Waals surface area contributed by atoms with Crippen LogP contribution in [0.15, 0.2) is 45.6 Å². The standard InChI is InChI=1S/C15H13N3O2S/c1-2-11-13(10-6-4-8-20-10)18-14(16)12(17-15(18)21-11)9-5-3-7-19-9/h3-8H,2,16H2,1H3. The molecule has 0 fully saturated rings. The lowest BCUT2D eigenvalue weighted by molar-refractivity contribution is 0.578. The van der Waals surface area contributed by atoms with Crippen LogP contribution in [0.3, 0.4) is 0 Å². The van der Waals surface area contributed by atoms with E-state index in [4.69, 9.17) is 14.6 Å². The zero-order valence-electron chi connectivity index (χ0n) is 11.4. The third-order valence-corrected chi connectivity index (χ3v) is 4.60. The van der Waals surface area contributed by atoms with Crippen molar-refractivity contribution in [3.63, 3.8) is 0 Å². The Hall–Kier alpha value is -2.47. The lowest BCUT2D eigenvalue weighted by atomic mass is 10.2. The Morgan fingerprint density at radius 3 is 2.52 bits per heavy atom. The van der Waals surface area contributed by atoms with Crippen LogP contribution in [0.25, 0.3) is 27.9 Å². The smallest absolute Gasteiger partial charge is 0.196 e. The fourth-order valence-corrected chi connectivity index (χ4v) is 3.55. The Labute approximate surface area is 124 Å². The van der Waals surface area contributed by atoms with E-state index in [1.54, 1.807) is 23.9 Å². The van der Waals surface area contributed by atoms with E-state index < -0.39 is 0 Å². The molecule has 0 radical (unpaired) electrons. The molecule has 4 rings (SSSR count). The molecular formula is C15H13N3O2S. The summed E-state index contributed by atoms with van der Waals surface area (Å²) in [5, 5.41) is 0. The second kappa shape index (κ2) is 4.53. The van der Waals surface area contributed by atoms with Crippen molar-refractivity contribution < 1.29 is 8.83 Å². The molecule has 0 amide bonds. The highest BCUT2D eigenvalue weighted by molar-refractivity contribution is 7.17. The van der Waals surface area contributed by atoms with Crippen LogP contribution in [0.2, 0.25) is 0 Å². The molecule has 4 heterocycles. The van der Waals surface area contributed by atoms with Gasteiger partial charge in [0.25, 0.3) is 0 Å². The molecule has 0 atom stereocenters. The highest BCUT2D eigenvalue weighted by Gasteiger charge is 2.22. The quantitative estimate of drug-likeness (QED) is 0.619. The van der Waals surface area contributed by atoms with Crippen LogP contribution >= 0.6 is 11.3 Å². The SMILES string of the molecule is CCc1sc2nc(-c3ccco3)c(N)n2c1-c1ccco1. The topological polar surface area (TPSA) is 69.6 Å². The number of thiazole rings is 1. The van der Waals surface area contributed by atoms with Gasteiger partial charge in [0.05, 0.1) is 12.5 Å². The number of rotatable bonds is 3. The van der Waals surface area contributed by atoms with Gasteiger partial charge in [-0.15, -0.1) is 11.3 Å². The van der Waals surface area contributed by atoms with Gasteiger partial charge in [0.15, 0.2) is 16.5 Å². The molecule has 5 nitrogen and oxygen atoms in total. The minimum atomic E-state index is 0.572. The van der Waals surface area contributed by atoms with Crippen molar-refractivity contribution in [2.45, 2.75) is 13.3 Å². The van der Waals surface area contributed by atoms with Gasteiger partial charge in [-0.2, -0.15) is 0 Å². The molecule has 0 unspecified atom stereocenters. The Kier molecular flexibility index (Phi) is 2.65. The number of hydrogen-bond acceptors (Lipinski definition) is 5. The minimum Gasteiger partial charge on any atom is -0.463 e. The molecule has 0 aromatic carbocycles. The predicted octanol–water partition coefficient (Wildman–Crippen LogP) is 4.06. The van der Waals surface area contributed by atoms with Gasteiger partial charge in [-0.1, -0.05) is 6.92 Å². The maximum Gasteiger partial charge on any atom is 0.196 e. The van der Waals surface area contributed by atoms with Crippen LogP contribution < -0.4 is 5.73 Å². The molecule has 21 heavy (non-hydrogen) atoms. The van der Waals surface area contributed by atoms with Crippen molar-refractivity contribution in [1.29, 1.82) is 0 Å². The first-order valence-corrected chi connectivity index (χ1v) is 7.48. The summed E-state index contributed by atoms with van der Waals surface area (Å²) in [6.07, 6.45) is 4.19. The maximum absolute atomic E-state index is 6.31. The zero-order valence-corrected chi connectivity index (χ0v) is 12.2. The number of hydrogen-bond donors (Lipinski definition) is 1. The summed E-state index contributed by atoms with van der Waals surface area (Å²) in [5.74, 6) is 2.04. The van der Waals surface area contributed by atoms with Gasteiger partial charge in [-0.25, -0.2) is 4.98 Å². The van der Waals surface area contributed by atoms with E-state index in [1.807, 2.05) is 28.7 Å². The summed E-state index contributed by atoms with van der Waals surface area (Å²) in [6.45, 7) is 2.11. The largest absolute Gasteiger partial charge is 0.463 e. The van der Waals surface area contributed by atoms with Crippen LogP contribution in [0.4, 0.5) is 5.82 Å². The molecule has 0 saturated carbocycles. The van der Waals surface area contributed by atoms with Gasteiger partial charge >= 0.3 is 0 Å². The summed E-state index contributed by atoms with van der Waals surface area (Å²) in [6, 6.07) is 7.49. The molecule has 2 N–H and O–H groups in total. The van der Waals surface area contributed by atoms with E-state index in [-0.39, 0.29) is 0 Å². The summed E-state index contributed by atoms with van der Waals surface area (Å²) in [4.78, 5) is 6.66. The highest BCUT2D eigenvalue weighted by atomic mass is 32.1. The van der Waals surface area contributed by atoms with E-state index >= 15 is 0 Å². The zero-order chi connectivity index (χ0) is 14.4. The third-order valence-electron chi connectivity index (χ3n) is 3.41. The first-order chi connectivity index (χ1) is 10.3. The first kappa shape index (κ1) is 12.3. The summed E-state index contributed by atoms with van der Waals surface area (Å²) >= 11 is 1.62. The number of fused-ring (bicyclic) bond motifs is 1. The number of aromatic nitrogens is 2. The second-order valence-corrected chi connectivity index (χ2v) is 5.71. The van der Waals surface area contributed by atoms with Gasteiger partial charge in [0.1, 0.15) is 17.2 Å². The minimum absolute atomic E-state index is 0.572. The molecule has 106 valence electrons. The molecular weight excluding hydrogens is 286 g/mol. The van der Waals surface area contributed by atoms with Crippen LogP contribution in [-0.4, -0.2) is 9.38 Å². The lowest BCUT2D eigenvalue weighted by Crippen LogP contribution is -1.96. The van der Waals surface area contributed by atoms with Gasteiger partial charge in [0, 0.05) is 4.88 Å². The molecule has 4 aromatic heterocycles. The van der Waals surface area contributed by atoms with Crippen LogP contribution in [0.1, 0.15) is 11.8 Å². The third kappa shape index (κ3) is 1.72. The summed E-state index contributed by atoms with van der Waals surface area (Å²) < 4.78 is 12.9. The molecule has 0 spiro atoms. The van der Waals surface area contributed by atoms with Crippen molar-refractivity contribution in [2.24, 2.45) is 0 Å². The van der Waals surface area contributed by atoms with E-state index in [1.165, 1.54) is 4.88 Å². The molecule has 6 heteroatoms. The lowest BCUT2D eigenvalue weighted by Gasteiger charge is -2.02. The monoisotopic (exact) mass is 299 g/mol. The van der Waals surface area contributed by atoms with E-state index in [9.17, 15) is 0 Å². The maximum atomic E-state index is 6.31. The molecule has 0 saturated heterocycles. The summed E-state index contributed by atoms with van der Waals surface area (Å²) in [7, 11) is 0. The predicted molar refractivity (Wildman–Crippen MR) is 82.3 cm³/mol. The number of nitrogens with zero attached hydrogens (tertiary/aromatic N) is 2. The van der Waals surface area contributed by atoms with Crippen molar-refractivity contribution in [3.05, 3.63) is 41.7 Å². The van der Waals surface area contributed by atoms with Crippen molar-refractivity contribution in [2.75, 3.05) is 5.73 Å². The Balaban J connectivity index is 2.03. The van der Waals surface area contributed by atoms with Gasteiger partial charge in [0.2, 0.25) is 0 Å². The average Bonchev–Trinajstić information content (AvgIpc) is 3.24. The van der Waals surface area contributed by atoms with Gasteiger partial charge < -0.3 is 14.6 Å². The van der Waals surface area contributed by atoms with Crippen molar-refractivity contribution >= 4 is 22.1 Å². The van der Waals surface area contributed by atoms with Crippen LogP contribution in [0, 0.1) is 0 Å². The second-order valence-electron chi connectivity index (χ2n) is 4.65. The van der Waals surface area contributed by atoms with E-state index in [0.717, 1.165) is 22.8 Å². The first-order valence-electron chi connectivity index (χ1n) is 6.67. The van der Waals surface area contributed by atoms with E-state index in [2.05, 4.69) is 11.9 Å². The molecule has 0 aliphatic carbocycles. The summed E-state index contributed by atoms with van der Waals surface area (Å²) in [5.41, 5.74) is 7.96.